The lowest BCUT2D eigenvalue weighted by atomic mass is 10.0. The Hall–Kier alpha value is -3.28. The van der Waals surface area contributed by atoms with Gasteiger partial charge in [-0.1, -0.05) is 65.7 Å². The number of imide groups is 1. The zero-order valence-electron chi connectivity index (χ0n) is 17.3. The Balaban J connectivity index is 1.76. The summed E-state index contributed by atoms with van der Waals surface area (Å²) in [6, 6.07) is 21.2. The van der Waals surface area contributed by atoms with Crippen LogP contribution >= 0.6 is 23.2 Å². The quantitative estimate of drug-likeness (QED) is 0.448. The lowest BCUT2D eigenvalue weighted by Crippen LogP contribution is -2.32. The first-order valence-corrected chi connectivity index (χ1v) is 10.8. The van der Waals surface area contributed by atoms with Gasteiger partial charge in [0.25, 0.3) is 11.8 Å². The van der Waals surface area contributed by atoms with Crippen molar-refractivity contribution in [3.8, 4) is 5.75 Å². The number of halogens is 2. The molecule has 0 saturated carbocycles. The highest BCUT2D eigenvalue weighted by molar-refractivity contribution is 6.37. The van der Waals surface area contributed by atoms with Crippen LogP contribution in [0.5, 0.6) is 5.75 Å². The average molecular weight is 467 g/mol. The predicted molar refractivity (Wildman–Crippen MR) is 127 cm³/mol. The number of hydrogen-bond donors (Lipinski definition) is 1. The summed E-state index contributed by atoms with van der Waals surface area (Å²) in [4.78, 5) is 28.0. The Morgan fingerprint density at radius 2 is 1.56 bits per heavy atom. The fourth-order valence-electron chi connectivity index (χ4n) is 3.50. The van der Waals surface area contributed by atoms with Gasteiger partial charge in [0.1, 0.15) is 11.4 Å². The van der Waals surface area contributed by atoms with Gasteiger partial charge in [-0.3, -0.25) is 14.5 Å². The first kappa shape index (κ1) is 21.9. The Kier molecular flexibility index (Phi) is 6.49. The van der Waals surface area contributed by atoms with E-state index in [1.54, 1.807) is 54.6 Å². The minimum atomic E-state index is -0.439. The van der Waals surface area contributed by atoms with Crippen LogP contribution < -0.4 is 10.1 Å². The molecule has 0 aliphatic carbocycles. The Morgan fingerprint density at radius 1 is 0.875 bits per heavy atom. The van der Waals surface area contributed by atoms with E-state index < -0.39 is 11.8 Å². The van der Waals surface area contributed by atoms with Gasteiger partial charge in [-0.25, -0.2) is 0 Å². The van der Waals surface area contributed by atoms with Crippen LogP contribution in [0.3, 0.4) is 0 Å². The number of ether oxygens (including phenoxy) is 1. The molecule has 0 spiro atoms. The molecule has 0 atom stereocenters. The van der Waals surface area contributed by atoms with E-state index in [0.717, 1.165) is 0 Å². The number of para-hydroxylation sites is 2. The van der Waals surface area contributed by atoms with Crippen LogP contribution in [0.1, 0.15) is 18.1 Å². The second-order valence-electron chi connectivity index (χ2n) is 7.10. The predicted octanol–water partition coefficient (Wildman–Crippen LogP) is 5.78. The number of rotatable bonds is 7. The molecule has 32 heavy (non-hydrogen) atoms. The molecule has 162 valence electrons. The van der Waals surface area contributed by atoms with E-state index in [4.69, 9.17) is 27.9 Å². The zero-order chi connectivity index (χ0) is 22.7. The molecule has 3 aromatic carbocycles. The van der Waals surface area contributed by atoms with Crippen LogP contribution in [0.15, 0.2) is 78.5 Å². The number of anilines is 1. The van der Waals surface area contributed by atoms with E-state index in [0.29, 0.717) is 39.2 Å². The third kappa shape index (κ3) is 4.35. The maximum absolute atomic E-state index is 13.4. The van der Waals surface area contributed by atoms with Crippen LogP contribution in [0.2, 0.25) is 10.0 Å². The van der Waals surface area contributed by atoms with Crippen molar-refractivity contribution in [1.29, 1.82) is 0 Å². The highest BCUT2D eigenvalue weighted by Crippen LogP contribution is 2.35. The third-order valence-corrected chi connectivity index (χ3v) is 5.65. The number of nitrogens with one attached hydrogen (secondary N) is 1. The minimum absolute atomic E-state index is 0.0622. The molecule has 0 fully saturated rings. The molecule has 7 heteroatoms. The van der Waals surface area contributed by atoms with E-state index in [1.165, 1.54) is 4.90 Å². The Morgan fingerprint density at radius 3 is 2.28 bits per heavy atom. The van der Waals surface area contributed by atoms with Crippen LogP contribution in [0, 0.1) is 0 Å². The van der Waals surface area contributed by atoms with Gasteiger partial charge in [0.05, 0.1) is 24.4 Å². The molecule has 0 radical (unpaired) electrons. The van der Waals surface area contributed by atoms with Crippen molar-refractivity contribution in [3.63, 3.8) is 0 Å². The van der Waals surface area contributed by atoms with E-state index in [-0.39, 0.29) is 17.8 Å². The number of hydrogen-bond acceptors (Lipinski definition) is 4. The fourth-order valence-corrected chi connectivity index (χ4v) is 3.82. The average Bonchev–Trinajstić information content (AvgIpc) is 3.01. The standard InChI is InChI=1S/C25H20Cl2N2O3/c1-2-32-21-10-6-5-9-20(21)28-23-22(16-11-13-18(26)14-12-16)24(30)29(25(23)31)15-17-7-3-4-8-19(17)27/h3-14,28H,2,15H2,1H3. The van der Waals surface area contributed by atoms with Crippen LogP contribution in [0.4, 0.5) is 5.69 Å². The second kappa shape index (κ2) is 9.47. The summed E-state index contributed by atoms with van der Waals surface area (Å²) < 4.78 is 5.67. The van der Waals surface area contributed by atoms with Crippen molar-refractivity contribution in [2.45, 2.75) is 13.5 Å². The molecule has 1 heterocycles. The minimum Gasteiger partial charge on any atom is -0.492 e. The van der Waals surface area contributed by atoms with E-state index in [9.17, 15) is 9.59 Å². The number of nitrogens with zero attached hydrogens (tertiary/aromatic N) is 1. The van der Waals surface area contributed by atoms with Crippen molar-refractivity contribution in [1.82, 2.24) is 4.90 Å². The summed E-state index contributed by atoms with van der Waals surface area (Å²) >= 11 is 12.3. The summed E-state index contributed by atoms with van der Waals surface area (Å²) in [7, 11) is 0. The van der Waals surface area contributed by atoms with Crippen molar-refractivity contribution >= 4 is 46.3 Å². The first-order chi connectivity index (χ1) is 15.5. The van der Waals surface area contributed by atoms with E-state index in [1.807, 2.05) is 25.1 Å². The third-order valence-electron chi connectivity index (χ3n) is 5.03. The molecule has 3 aromatic rings. The number of amides is 2. The molecular weight excluding hydrogens is 447 g/mol. The van der Waals surface area contributed by atoms with Crippen molar-refractivity contribution in [3.05, 3.63) is 99.7 Å². The van der Waals surface area contributed by atoms with Gasteiger partial charge in [-0.05, 0) is 48.4 Å². The molecule has 4 rings (SSSR count). The maximum atomic E-state index is 13.4. The van der Waals surface area contributed by atoms with Gasteiger partial charge in [0.2, 0.25) is 0 Å². The molecule has 0 saturated heterocycles. The molecule has 0 aromatic heterocycles. The Labute approximate surface area is 196 Å². The lowest BCUT2D eigenvalue weighted by Gasteiger charge is -2.17. The molecular formula is C25H20Cl2N2O3. The summed E-state index contributed by atoms with van der Waals surface area (Å²) in [6.07, 6.45) is 0. The molecule has 1 aliphatic heterocycles. The zero-order valence-corrected chi connectivity index (χ0v) is 18.8. The van der Waals surface area contributed by atoms with Gasteiger partial charge in [0.15, 0.2) is 0 Å². The normalized spacial score (nSPS) is 13.7. The van der Waals surface area contributed by atoms with Crippen LogP contribution in [-0.2, 0) is 16.1 Å². The van der Waals surface area contributed by atoms with Crippen molar-refractivity contribution in [2.24, 2.45) is 0 Å². The first-order valence-electron chi connectivity index (χ1n) is 10.1. The smallest absolute Gasteiger partial charge is 0.278 e. The highest BCUT2D eigenvalue weighted by atomic mass is 35.5. The molecule has 0 bridgehead atoms. The van der Waals surface area contributed by atoms with Crippen LogP contribution in [-0.4, -0.2) is 23.3 Å². The van der Waals surface area contributed by atoms with E-state index in [2.05, 4.69) is 5.32 Å². The Bertz CT molecular complexity index is 1210. The van der Waals surface area contributed by atoms with Gasteiger partial charge in [0, 0.05) is 10.0 Å². The molecule has 2 amide bonds. The highest BCUT2D eigenvalue weighted by Gasteiger charge is 2.39. The number of carbonyl (C=O) groups is 2. The second-order valence-corrected chi connectivity index (χ2v) is 7.94. The summed E-state index contributed by atoms with van der Waals surface area (Å²) in [5.74, 6) is -0.262. The largest absolute Gasteiger partial charge is 0.492 e. The maximum Gasteiger partial charge on any atom is 0.278 e. The molecule has 1 N–H and O–H groups in total. The van der Waals surface area contributed by atoms with E-state index >= 15 is 0 Å². The number of benzene rings is 3. The SMILES string of the molecule is CCOc1ccccc1NC1=C(c2ccc(Cl)cc2)C(=O)N(Cc2ccccc2Cl)C1=O. The van der Waals surface area contributed by atoms with Crippen molar-refractivity contribution < 1.29 is 14.3 Å². The van der Waals surface area contributed by atoms with Gasteiger partial charge < -0.3 is 10.1 Å². The fraction of sp³-hybridized carbons (Fsp3) is 0.120. The molecule has 1 aliphatic rings. The lowest BCUT2D eigenvalue weighted by molar-refractivity contribution is -0.137. The van der Waals surface area contributed by atoms with Gasteiger partial charge in [-0.2, -0.15) is 0 Å². The van der Waals surface area contributed by atoms with Crippen LogP contribution in [0.25, 0.3) is 5.57 Å². The monoisotopic (exact) mass is 466 g/mol. The van der Waals surface area contributed by atoms with Crippen molar-refractivity contribution in [2.75, 3.05) is 11.9 Å². The van der Waals surface area contributed by atoms with Gasteiger partial charge in [-0.15, -0.1) is 0 Å². The summed E-state index contributed by atoms with van der Waals surface area (Å²) in [5, 5.41) is 4.17. The molecule has 5 nitrogen and oxygen atoms in total. The summed E-state index contributed by atoms with van der Waals surface area (Å²) in [5.41, 5.74) is 2.31. The topological polar surface area (TPSA) is 58.6 Å². The number of carbonyl (C=O) groups excluding carboxylic acids is 2. The van der Waals surface area contributed by atoms with Gasteiger partial charge >= 0.3 is 0 Å². The summed E-state index contributed by atoms with van der Waals surface area (Å²) in [6.45, 7) is 2.41. The molecule has 0 unspecified atom stereocenters.